The number of ether oxygens (including phenoxy) is 1. The molecule has 168 valence electrons. The molecule has 1 amide bonds. The van der Waals surface area contributed by atoms with Crippen LogP contribution in [0.4, 0.5) is 21.9 Å². The molecule has 0 aliphatic heterocycles. The lowest BCUT2D eigenvalue weighted by Crippen LogP contribution is -2.31. The van der Waals surface area contributed by atoms with Gasteiger partial charge in [-0.2, -0.15) is 0 Å². The van der Waals surface area contributed by atoms with E-state index in [0.29, 0.717) is 4.57 Å². The maximum absolute atomic E-state index is 12.6. The molecule has 0 radical (unpaired) electrons. The smallest absolute Gasteiger partial charge is 0.412 e. The van der Waals surface area contributed by atoms with Crippen LogP contribution in [0.15, 0.2) is 65.8 Å². The van der Waals surface area contributed by atoms with E-state index in [-0.39, 0.29) is 17.9 Å². The monoisotopic (exact) mass is 453 g/mol. The second kappa shape index (κ2) is 9.91. The second-order valence-corrected chi connectivity index (χ2v) is 6.61. The van der Waals surface area contributed by atoms with E-state index >= 15 is 0 Å². The van der Waals surface area contributed by atoms with E-state index in [0.717, 1.165) is 36.3 Å². The number of non-ortho nitro benzene ring substituents is 2. The van der Waals surface area contributed by atoms with Crippen molar-refractivity contribution in [2.24, 2.45) is 0 Å². The van der Waals surface area contributed by atoms with Gasteiger partial charge in [0.05, 0.1) is 28.5 Å². The molecule has 3 rings (SSSR count). The molecule has 1 aromatic heterocycles. The van der Waals surface area contributed by atoms with Crippen LogP contribution in [0.1, 0.15) is 15.9 Å². The van der Waals surface area contributed by atoms with Crippen molar-refractivity contribution in [3.05, 3.63) is 103 Å². The molecule has 0 spiro atoms. The first-order chi connectivity index (χ1) is 15.7. The van der Waals surface area contributed by atoms with Crippen molar-refractivity contribution in [1.29, 1.82) is 0 Å². The third kappa shape index (κ3) is 5.81. The number of rotatable bonds is 7. The molecule has 33 heavy (non-hydrogen) atoms. The number of nitrogens with zero attached hydrogens (tertiary/aromatic N) is 4. The number of amides is 1. The Morgan fingerprint density at radius 3 is 2.24 bits per heavy atom. The lowest BCUT2D eigenvalue weighted by atomic mass is 10.1. The summed E-state index contributed by atoms with van der Waals surface area (Å²) in [6.45, 7) is -0.0500. The van der Waals surface area contributed by atoms with Gasteiger partial charge in [0.15, 0.2) is 0 Å². The van der Waals surface area contributed by atoms with Gasteiger partial charge in [-0.15, -0.1) is 0 Å². The van der Waals surface area contributed by atoms with Gasteiger partial charge in [0.25, 0.3) is 16.9 Å². The largest absolute Gasteiger partial charge is 0.444 e. The number of nitro benzene ring substituents is 2. The molecular weight excluding hydrogens is 438 g/mol. The predicted octanol–water partition coefficient (Wildman–Crippen LogP) is 2.69. The van der Waals surface area contributed by atoms with Crippen LogP contribution in [0.5, 0.6) is 0 Å². The van der Waals surface area contributed by atoms with Crippen LogP contribution in [0.25, 0.3) is 0 Å². The van der Waals surface area contributed by atoms with Crippen molar-refractivity contribution in [1.82, 2.24) is 9.55 Å². The first-order valence-electron chi connectivity index (χ1n) is 9.25. The van der Waals surface area contributed by atoms with Gasteiger partial charge < -0.3 is 4.74 Å². The molecule has 0 saturated heterocycles. The third-order valence-corrected chi connectivity index (χ3v) is 4.29. The van der Waals surface area contributed by atoms with Gasteiger partial charge in [0.2, 0.25) is 5.91 Å². The minimum absolute atomic E-state index is 0.0477. The van der Waals surface area contributed by atoms with E-state index < -0.39 is 45.2 Å². The lowest BCUT2D eigenvalue weighted by molar-refractivity contribution is -0.394. The molecule has 0 bridgehead atoms. The van der Waals surface area contributed by atoms with E-state index in [1.54, 1.807) is 30.3 Å². The van der Waals surface area contributed by atoms with Crippen molar-refractivity contribution in [3.63, 3.8) is 0 Å². The predicted molar refractivity (Wildman–Crippen MR) is 113 cm³/mol. The van der Waals surface area contributed by atoms with Gasteiger partial charge >= 0.3 is 6.09 Å². The summed E-state index contributed by atoms with van der Waals surface area (Å²) < 4.78 is 5.60. The third-order valence-electron chi connectivity index (χ3n) is 4.29. The highest BCUT2D eigenvalue weighted by atomic mass is 16.6. The van der Waals surface area contributed by atoms with Gasteiger partial charge in [-0.3, -0.25) is 35.1 Å². The standard InChI is InChI=1S/C20H15N5O8/c26-18(8-14-6-15(24(29)30)9-16(7-14)25(31)32)23-12-21-10-17(19(23)27)22-20(28)33-11-13-4-2-1-3-5-13/h1-7,9-10,12H,8,11H2,(H,22,28). The van der Waals surface area contributed by atoms with Crippen LogP contribution >= 0.6 is 0 Å². The number of aromatic nitrogens is 2. The van der Waals surface area contributed by atoms with Crippen LogP contribution in [0, 0.1) is 20.2 Å². The van der Waals surface area contributed by atoms with Crippen LogP contribution in [-0.4, -0.2) is 31.4 Å². The molecule has 1 N–H and O–H groups in total. The molecule has 0 aliphatic rings. The summed E-state index contributed by atoms with van der Waals surface area (Å²) >= 11 is 0. The topological polar surface area (TPSA) is 177 Å². The quantitative estimate of drug-likeness (QED) is 0.416. The first kappa shape index (κ1) is 22.7. The highest BCUT2D eigenvalue weighted by molar-refractivity contribution is 5.86. The van der Waals surface area contributed by atoms with Gasteiger partial charge in [-0.05, 0) is 11.1 Å². The van der Waals surface area contributed by atoms with Crippen LogP contribution in [0.2, 0.25) is 0 Å². The molecule has 3 aromatic rings. The maximum Gasteiger partial charge on any atom is 0.412 e. The average molecular weight is 453 g/mol. The van der Waals surface area contributed by atoms with Crippen LogP contribution < -0.4 is 10.9 Å². The Balaban J connectivity index is 1.75. The Hall–Kier alpha value is -4.94. The number of hydrogen-bond donors (Lipinski definition) is 1. The SMILES string of the molecule is O=C(Nc1cncn(C(=O)Cc2cc([N+](=O)[O-])cc([N+](=O)[O-])c2)c1=O)OCc1ccccc1. The fourth-order valence-corrected chi connectivity index (χ4v) is 2.77. The molecule has 13 nitrogen and oxygen atoms in total. The number of benzene rings is 2. The van der Waals surface area contributed by atoms with Crippen molar-refractivity contribution < 1.29 is 24.2 Å². The van der Waals surface area contributed by atoms with Gasteiger partial charge in [0, 0.05) is 12.1 Å². The molecule has 0 fully saturated rings. The zero-order valence-electron chi connectivity index (χ0n) is 16.7. The summed E-state index contributed by atoms with van der Waals surface area (Å²) in [6.07, 6.45) is 0.411. The van der Waals surface area contributed by atoms with Crippen molar-refractivity contribution in [3.8, 4) is 0 Å². The summed E-state index contributed by atoms with van der Waals surface area (Å²) in [6, 6.07) is 11.5. The summed E-state index contributed by atoms with van der Waals surface area (Å²) in [5.74, 6) is -0.872. The van der Waals surface area contributed by atoms with Gasteiger partial charge in [-0.25, -0.2) is 14.3 Å². The highest BCUT2D eigenvalue weighted by Gasteiger charge is 2.20. The fraction of sp³-hybridized carbons (Fsp3) is 0.100. The Labute approximate surface area is 184 Å². The molecule has 0 atom stereocenters. The normalized spacial score (nSPS) is 10.3. The zero-order chi connectivity index (χ0) is 24.0. The molecule has 2 aromatic carbocycles. The number of nitrogens with one attached hydrogen (secondary N) is 1. The minimum atomic E-state index is -0.947. The molecule has 13 heteroatoms. The van der Waals surface area contributed by atoms with E-state index in [2.05, 4.69) is 10.3 Å². The minimum Gasteiger partial charge on any atom is -0.444 e. The number of carbonyl (C=O) groups is 2. The van der Waals surface area contributed by atoms with E-state index in [4.69, 9.17) is 4.74 Å². The van der Waals surface area contributed by atoms with E-state index in [1.807, 2.05) is 0 Å². The summed E-state index contributed by atoms with van der Waals surface area (Å²) in [4.78, 5) is 61.2. The number of hydrogen-bond acceptors (Lipinski definition) is 9. The zero-order valence-corrected chi connectivity index (χ0v) is 16.7. The summed E-state index contributed by atoms with van der Waals surface area (Å²) in [5, 5.41) is 24.2. The summed E-state index contributed by atoms with van der Waals surface area (Å²) in [5.41, 5.74) is -1.74. The van der Waals surface area contributed by atoms with Crippen LogP contribution in [0.3, 0.4) is 0 Å². The summed E-state index contributed by atoms with van der Waals surface area (Å²) in [7, 11) is 0. The van der Waals surface area contributed by atoms with Gasteiger partial charge in [-0.1, -0.05) is 30.3 Å². The Morgan fingerprint density at radius 2 is 1.64 bits per heavy atom. The number of carbonyl (C=O) groups excluding carboxylic acids is 2. The van der Waals surface area contributed by atoms with E-state index in [1.165, 1.54) is 0 Å². The van der Waals surface area contributed by atoms with Crippen molar-refractivity contribution in [2.45, 2.75) is 13.0 Å². The van der Waals surface area contributed by atoms with Crippen molar-refractivity contribution >= 4 is 29.1 Å². The number of nitro groups is 2. The second-order valence-electron chi connectivity index (χ2n) is 6.61. The highest BCUT2D eigenvalue weighted by Crippen LogP contribution is 2.23. The molecular formula is C20H15N5O8. The van der Waals surface area contributed by atoms with E-state index in [9.17, 15) is 34.6 Å². The first-order valence-corrected chi connectivity index (χ1v) is 9.25. The Kier molecular flexibility index (Phi) is 6.83. The molecule has 1 heterocycles. The maximum atomic E-state index is 12.6. The lowest BCUT2D eigenvalue weighted by Gasteiger charge is -2.09. The van der Waals surface area contributed by atoms with Crippen molar-refractivity contribution in [2.75, 3.05) is 5.32 Å². The fourth-order valence-electron chi connectivity index (χ4n) is 2.77. The Morgan fingerprint density at radius 1 is 1.00 bits per heavy atom. The molecule has 0 aliphatic carbocycles. The van der Waals surface area contributed by atoms with Gasteiger partial charge in [0.1, 0.15) is 18.6 Å². The average Bonchev–Trinajstić information content (AvgIpc) is 2.79. The Bertz CT molecular complexity index is 1260. The number of anilines is 1. The molecule has 0 saturated carbocycles. The molecule has 0 unspecified atom stereocenters. The van der Waals surface area contributed by atoms with Crippen LogP contribution in [-0.2, 0) is 17.8 Å².